The van der Waals surface area contributed by atoms with E-state index in [2.05, 4.69) is 6.07 Å². The van der Waals surface area contributed by atoms with E-state index >= 15 is 0 Å². The molecule has 0 aromatic heterocycles. The molecule has 0 saturated heterocycles. The zero-order valence-electron chi connectivity index (χ0n) is 19.6. The molecule has 0 unspecified atom stereocenters. The summed E-state index contributed by atoms with van der Waals surface area (Å²) in [6.07, 6.45) is 0.877. The number of anilines is 1. The van der Waals surface area contributed by atoms with E-state index in [1.165, 1.54) is 0 Å². The van der Waals surface area contributed by atoms with Gasteiger partial charge in [-0.2, -0.15) is 5.26 Å². The summed E-state index contributed by atoms with van der Waals surface area (Å²) in [5.74, 6) is 0.728. The highest BCUT2D eigenvalue weighted by atomic mass is 35.5. The second-order valence-corrected chi connectivity index (χ2v) is 10.1. The molecule has 6 rings (SSSR count). The Bertz CT molecular complexity index is 1520. The van der Waals surface area contributed by atoms with Crippen LogP contribution in [-0.4, -0.2) is 12.6 Å². The number of ether oxygens (including phenoxy) is 2. The van der Waals surface area contributed by atoms with Gasteiger partial charge in [0.25, 0.3) is 0 Å². The highest BCUT2D eigenvalue weighted by molar-refractivity contribution is 6.35. The molecule has 0 fully saturated rings. The lowest BCUT2D eigenvalue weighted by molar-refractivity contribution is -0.116. The largest absolute Gasteiger partial charge is 0.454 e. The third-order valence-electron chi connectivity index (χ3n) is 7.07. The molecular formula is C29H21Cl2N3O3. The SMILES string of the molecule is N#CC1=C(N)N(c2cc(Cl)cc(Cl)c2)C2=C(C(=O)C[C@H](c3ccccc3)C2)[C@H]1c1ccc2c(c1)OCO2. The molecule has 6 nitrogen and oxygen atoms in total. The average Bonchev–Trinajstić information content (AvgIpc) is 3.36. The number of hydrogen-bond donors (Lipinski definition) is 1. The van der Waals surface area contributed by atoms with Crippen LogP contribution in [0.2, 0.25) is 10.0 Å². The molecule has 0 radical (unpaired) electrons. The van der Waals surface area contributed by atoms with Gasteiger partial charge in [0.1, 0.15) is 5.82 Å². The van der Waals surface area contributed by atoms with Gasteiger partial charge in [0, 0.05) is 27.7 Å². The Balaban J connectivity index is 1.57. The maximum Gasteiger partial charge on any atom is 0.231 e. The molecule has 184 valence electrons. The van der Waals surface area contributed by atoms with Gasteiger partial charge in [-0.25, -0.2) is 0 Å². The van der Waals surface area contributed by atoms with Crippen LogP contribution in [0.15, 0.2) is 89.4 Å². The Morgan fingerprint density at radius 3 is 2.38 bits per heavy atom. The van der Waals surface area contributed by atoms with Crippen LogP contribution in [0, 0.1) is 11.3 Å². The Labute approximate surface area is 224 Å². The van der Waals surface area contributed by atoms with Crippen LogP contribution < -0.4 is 20.1 Å². The Hall–Kier alpha value is -3.92. The highest BCUT2D eigenvalue weighted by Crippen LogP contribution is 2.50. The summed E-state index contributed by atoms with van der Waals surface area (Å²) in [6, 6.07) is 22.8. The second-order valence-electron chi connectivity index (χ2n) is 9.22. The summed E-state index contributed by atoms with van der Waals surface area (Å²) >= 11 is 12.7. The number of benzene rings is 3. The lowest BCUT2D eigenvalue weighted by Gasteiger charge is -2.41. The first kappa shape index (κ1) is 23.5. The molecule has 3 aliphatic rings. The second kappa shape index (κ2) is 9.19. The third-order valence-corrected chi connectivity index (χ3v) is 7.51. The number of fused-ring (bicyclic) bond motifs is 1. The average molecular weight is 530 g/mol. The molecule has 2 heterocycles. The van der Waals surface area contributed by atoms with Crippen molar-refractivity contribution in [1.29, 1.82) is 5.26 Å². The first-order chi connectivity index (χ1) is 17.9. The number of nitrogens with zero attached hydrogens (tertiary/aromatic N) is 2. The molecule has 2 atom stereocenters. The van der Waals surface area contributed by atoms with Gasteiger partial charge in [-0.15, -0.1) is 0 Å². The van der Waals surface area contributed by atoms with Crippen molar-refractivity contribution < 1.29 is 14.3 Å². The van der Waals surface area contributed by atoms with Crippen LogP contribution in [0.25, 0.3) is 0 Å². The molecule has 2 aliphatic heterocycles. The smallest absolute Gasteiger partial charge is 0.231 e. The van der Waals surface area contributed by atoms with E-state index in [9.17, 15) is 10.1 Å². The monoisotopic (exact) mass is 529 g/mol. The Morgan fingerprint density at radius 1 is 0.919 bits per heavy atom. The normalized spacial score (nSPS) is 20.7. The van der Waals surface area contributed by atoms with Crippen molar-refractivity contribution in [3.63, 3.8) is 0 Å². The number of Topliss-reactive ketones (excluding diaryl/α,β-unsaturated/α-hetero) is 1. The van der Waals surface area contributed by atoms with Crippen LogP contribution in [0.1, 0.15) is 35.8 Å². The lowest BCUT2D eigenvalue weighted by Crippen LogP contribution is -2.40. The first-order valence-corrected chi connectivity index (χ1v) is 12.6. The van der Waals surface area contributed by atoms with Crippen molar-refractivity contribution in [3.8, 4) is 17.6 Å². The number of ketones is 1. The van der Waals surface area contributed by atoms with E-state index in [4.69, 9.17) is 38.4 Å². The van der Waals surface area contributed by atoms with E-state index in [-0.39, 0.29) is 29.9 Å². The number of rotatable bonds is 3. The van der Waals surface area contributed by atoms with Crippen LogP contribution in [0.5, 0.6) is 11.5 Å². The standard InChI is InChI=1S/C29H21Cl2N3O3/c30-19-11-20(31)13-21(12-19)34-23-8-18(16-4-2-1-3-5-16)9-24(35)28(23)27(22(14-32)29(34)33)17-6-7-25-26(10-17)37-15-36-25/h1-7,10-13,18,27H,8-9,15,33H2/t18-,27+/m1/s1. The van der Waals surface area contributed by atoms with Crippen LogP contribution >= 0.6 is 23.2 Å². The molecule has 0 saturated carbocycles. The summed E-state index contributed by atoms with van der Waals surface area (Å²) < 4.78 is 11.1. The number of carbonyl (C=O) groups excluding carboxylic acids is 1. The van der Waals surface area contributed by atoms with Crippen molar-refractivity contribution in [1.82, 2.24) is 0 Å². The summed E-state index contributed by atoms with van der Waals surface area (Å²) in [5.41, 5.74) is 10.7. The topological polar surface area (TPSA) is 88.6 Å². The van der Waals surface area contributed by atoms with E-state index in [1.807, 2.05) is 42.5 Å². The van der Waals surface area contributed by atoms with Crippen molar-refractivity contribution in [2.45, 2.75) is 24.7 Å². The zero-order valence-corrected chi connectivity index (χ0v) is 21.1. The highest BCUT2D eigenvalue weighted by Gasteiger charge is 2.43. The van der Waals surface area contributed by atoms with E-state index in [1.54, 1.807) is 29.2 Å². The minimum absolute atomic E-state index is 0.0313. The summed E-state index contributed by atoms with van der Waals surface area (Å²) in [6.45, 7) is 0.126. The van der Waals surface area contributed by atoms with Gasteiger partial charge in [-0.3, -0.25) is 9.69 Å². The molecule has 0 amide bonds. The van der Waals surface area contributed by atoms with Crippen molar-refractivity contribution in [2.75, 3.05) is 11.7 Å². The minimum Gasteiger partial charge on any atom is -0.454 e. The fraction of sp³-hybridized carbons (Fsp3) is 0.172. The number of nitriles is 1. The van der Waals surface area contributed by atoms with E-state index in [0.29, 0.717) is 45.6 Å². The van der Waals surface area contributed by atoms with Gasteiger partial charge in [0.05, 0.1) is 23.2 Å². The number of halogens is 2. The number of carbonyl (C=O) groups is 1. The quantitative estimate of drug-likeness (QED) is 0.421. The van der Waals surface area contributed by atoms with Crippen LogP contribution in [0.3, 0.4) is 0 Å². The van der Waals surface area contributed by atoms with Crippen molar-refractivity contribution in [2.24, 2.45) is 5.73 Å². The number of allylic oxidation sites excluding steroid dienone is 3. The maximum absolute atomic E-state index is 13.9. The molecule has 2 N–H and O–H groups in total. The molecule has 1 aliphatic carbocycles. The van der Waals surface area contributed by atoms with Crippen LogP contribution in [0.4, 0.5) is 5.69 Å². The molecule has 3 aromatic rings. The van der Waals surface area contributed by atoms with Crippen LogP contribution in [-0.2, 0) is 4.79 Å². The van der Waals surface area contributed by atoms with E-state index in [0.717, 1.165) is 16.8 Å². The molecule has 8 heteroatoms. The molecule has 0 spiro atoms. The summed E-state index contributed by atoms with van der Waals surface area (Å²) in [7, 11) is 0. The molecular weight excluding hydrogens is 509 g/mol. The maximum atomic E-state index is 13.9. The third kappa shape index (κ3) is 4.01. The fourth-order valence-corrected chi connectivity index (χ4v) is 5.99. The lowest BCUT2D eigenvalue weighted by atomic mass is 9.72. The molecule has 3 aromatic carbocycles. The van der Waals surface area contributed by atoms with Gasteiger partial charge >= 0.3 is 0 Å². The van der Waals surface area contributed by atoms with Gasteiger partial charge in [-0.1, -0.05) is 59.6 Å². The minimum atomic E-state index is -0.635. The fourth-order valence-electron chi connectivity index (χ4n) is 5.48. The molecule has 0 bridgehead atoms. The van der Waals surface area contributed by atoms with Gasteiger partial charge < -0.3 is 15.2 Å². The van der Waals surface area contributed by atoms with Crippen molar-refractivity contribution >= 4 is 34.7 Å². The Kier molecular flexibility index (Phi) is 5.83. The zero-order chi connectivity index (χ0) is 25.7. The van der Waals surface area contributed by atoms with Gasteiger partial charge in [0.15, 0.2) is 17.3 Å². The predicted molar refractivity (Wildman–Crippen MR) is 142 cm³/mol. The number of hydrogen-bond acceptors (Lipinski definition) is 6. The van der Waals surface area contributed by atoms with Gasteiger partial charge in [0.2, 0.25) is 6.79 Å². The number of nitrogens with two attached hydrogens (primary N) is 1. The van der Waals surface area contributed by atoms with Gasteiger partial charge in [-0.05, 0) is 53.8 Å². The summed E-state index contributed by atoms with van der Waals surface area (Å²) in [5, 5.41) is 11.2. The van der Waals surface area contributed by atoms with Crippen molar-refractivity contribution in [3.05, 3.63) is 111 Å². The van der Waals surface area contributed by atoms with E-state index < -0.39 is 5.92 Å². The Morgan fingerprint density at radius 2 is 1.65 bits per heavy atom. The first-order valence-electron chi connectivity index (χ1n) is 11.8. The molecule has 37 heavy (non-hydrogen) atoms. The summed E-state index contributed by atoms with van der Waals surface area (Å²) in [4.78, 5) is 15.7. The predicted octanol–water partition coefficient (Wildman–Crippen LogP) is 6.42.